The van der Waals surface area contributed by atoms with E-state index in [2.05, 4.69) is 25.2 Å². The van der Waals surface area contributed by atoms with Crippen LogP contribution in [0.2, 0.25) is 0 Å². The third kappa shape index (κ3) is 4.79. The first-order valence-electron chi connectivity index (χ1n) is 11.4. The molecule has 7 nitrogen and oxygen atoms in total. The zero-order valence-corrected chi connectivity index (χ0v) is 19.5. The first kappa shape index (κ1) is 23.5. The van der Waals surface area contributed by atoms with Crippen molar-refractivity contribution in [1.29, 1.82) is 0 Å². The van der Waals surface area contributed by atoms with E-state index in [0.717, 1.165) is 23.6 Å². The van der Waals surface area contributed by atoms with Crippen molar-refractivity contribution in [2.45, 2.75) is 13.1 Å². The number of nitrogens with one attached hydrogen (secondary N) is 1. The van der Waals surface area contributed by atoms with Gasteiger partial charge in [-0.3, -0.25) is 14.8 Å². The van der Waals surface area contributed by atoms with Crippen molar-refractivity contribution < 1.29 is 18.0 Å². The summed E-state index contributed by atoms with van der Waals surface area (Å²) >= 11 is 0. The molecule has 1 fully saturated rings. The molecule has 0 atom stereocenters. The van der Waals surface area contributed by atoms with Crippen LogP contribution in [0.15, 0.2) is 67.1 Å². The first-order valence-corrected chi connectivity index (χ1v) is 11.4. The molecule has 1 saturated heterocycles. The molecule has 0 saturated carbocycles. The van der Waals surface area contributed by atoms with E-state index in [9.17, 15) is 18.0 Å². The Morgan fingerprint density at radius 1 is 0.889 bits per heavy atom. The molecule has 36 heavy (non-hydrogen) atoms. The summed E-state index contributed by atoms with van der Waals surface area (Å²) in [7, 11) is 0. The number of benzene rings is 2. The number of fused-ring (bicyclic) bond motifs is 1. The molecule has 5 rings (SSSR count). The number of pyridine rings is 1. The number of anilines is 3. The van der Waals surface area contributed by atoms with Crippen LogP contribution in [0.4, 0.5) is 30.4 Å². The number of aromatic nitrogens is 3. The normalized spacial score (nSPS) is 14.2. The molecular formula is C26H23F3N6O. The van der Waals surface area contributed by atoms with Gasteiger partial charge >= 0.3 is 6.18 Å². The zero-order valence-electron chi connectivity index (χ0n) is 19.5. The summed E-state index contributed by atoms with van der Waals surface area (Å²) in [4.78, 5) is 29.7. The molecule has 1 aliphatic rings. The Morgan fingerprint density at radius 2 is 1.61 bits per heavy atom. The van der Waals surface area contributed by atoms with Crippen LogP contribution >= 0.6 is 0 Å². The minimum absolute atomic E-state index is 0.0499. The molecule has 0 bridgehead atoms. The monoisotopic (exact) mass is 492 g/mol. The van der Waals surface area contributed by atoms with Gasteiger partial charge in [0.15, 0.2) is 0 Å². The second-order valence-corrected chi connectivity index (χ2v) is 8.54. The van der Waals surface area contributed by atoms with Crippen molar-refractivity contribution >= 4 is 34.0 Å². The lowest BCUT2D eigenvalue weighted by Gasteiger charge is -2.35. The van der Waals surface area contributed by atoms with Gasteiger partial charge in [0, 0.05) is 67.1 Å². The molecule has 0 unspecified atom stereocenters. The fraction of sp³-hybridized carbons (Fsp3) is 0.231. The second-order valence-electron chi connectivity index (χ2n) is 8.54. The number of piperazine rings is 1. The highest BCUT2D eigenvalue weighted by atomic mass is 19.4. The van der Waals surface area contributed by atoms with E-state index in [-0.39, 0.29) is 11.4 Å². The maximum absolute atomic E-state index is 13.0. The van der Waals surface area contributed by atoms with Crippen molar-refractivity contribution in [3.8, 4) is 0 Å². The molecule has 2 aromatic carbocycles. The van der Waals surface area contributed by atoms with Gasteiger partial charge in [-0.25, -0.2) is 4.98 Å². The quantitative estimate of drug-likeness (QED) is 0.430. The molecule has 0 aliphatic carbocycles. The Balaban J connectivity index is 1.25. The average molecular weight is 493 g/mol. The van der Waals surface area contributed by atoms with Gasteiger partial charge in [-0.2, -0.15) is 13.2 Å². The van der Waals surface area contributed by atoms with Gasteiger partial charge in [-0.1, -0.05) is 6.07 Å². The molecule has 0 radical (unpaired) electrons. The summed E-state index contributed by atoms with van der Waals surface area (Å²) in [5.41, 5.74) is 2.28. The summed E-state index contributed by atoms with van der Waals surface area (Å²) in [6.45, 7) is 4.44. The van der Waals surface area contributed by atoms with Gasteiger partial charge in [0.2, 0.25) is 0 Å². The lowest BCUT2D eigenvalue weighted by molar-refractivity contribution is -0.137. The highest BCUT2D eigenvalue weighted by Crippen LogP contribution is 2.33. The Hall–Kier alpha value is -4.21. The highest BCUT2D eigenvalue weighted by molar-refractivity contribution is 5.96. The van der Waals surface area contributed by atoms with E-state index in [0.29, 0.717) is 48.5 Å². The van der Waals surface area contributed by atoms with Crippen LogP contribution in [0.25, 0.3) is 10.9 Å². The fourth-order valence-corrected chi connectivity index (χ4v) is 4.30. The predicted octanol–water partition coefficient (Wildman–Crippen LogP) is 5.06. The van der Waals surface area contributed by atoms with E-state index in [1.807, 2.05) is 11.8 Å². The number of halogens is 3. The molecule has 4 aromatic rings. The molecule has 10 heteroatoms. The Morgan fingerprint density at radius 3 is 2.31 bits per heavy atom. The highest BCUT2D eigenvalue weighted by Gasteiger charge is 2.30. The number of carbonyl (C=O) groups is 1. The first-order chi connectivity index (χ1) is 17.3. The van der Waals surface area contributed by atoms with Gasteiger partial charge in [0.1, 0.15) is 5.82 Å². The summed E-state index contributed by atoms with van der Waals surface area (Å²) in [6, 6.07) is 12.2. The number of carbonyl (C=O) groups excluding carboxylic acids is 1. The van der Waals surface area contributed by atoms with Crippen LogP contribution in [-0.4, -0.2) is 51.9 Å². The van der Waals surface area contributed by atoms with Gasteiger partial charge in [0.25, 0.3) is 5.91 Å². The van der Waals surface area contributed by atoms with Gasteiger partial charge in [-0.05, 0) is 49.4 Å². The van der Waals surface area contributed by atoms with Crippen molar-refractivity contribution in [2.24, 2.45) is 0 Å². The standard InChI is InChI=1S/C26H23F3N6O/c1-17-24(32-11-10-30-17)34-12-14-35(15-13-34)25(36)18-2-5-20(6-3-18)33-22-8-9-31-23-16-19(26(27,28)29)4-7-21(22)23/h2-11,16H,12-15H2,1H3,(H,31,33). The Bertz CT molecular complexity index is 1400. The van der Waals surface area contributed by atoms with Crippen LogP contribution in [0, 0.1) is 6.92 Å². The molecule has 0 spiro atoms. The van der Waals surface area contributed by atoms with Crippen molar-refractivity contribution in [3.63, 3.8) is 0 Å². The van der Waals surface area contributed by atoms with Gasteiger partial charge in [-0.15, -0.1) is 0 Å². The second kappa shape index (κ2) is 9.44. The van der Waals surface area contributed by atoms with Crippen LogP contribution in [0.5, 0.6) is 0 Å². The molecule has 1 N–H and O–H groups in total. The number of alkyl halides is 3. The number of amides is 1. The minimum atomic E-state index is -4.43. The molecule has 184 valence electrons. The Kier molecular flexibility index (Phi) is 6.17. The van der Waals surface area contributed by atoms with Crippen LogP contribution in [0.3, 0.4) is 0 Å². The number of hydrogen-bond donors (Lipinski definition) is 1. The molecule has 2 aromatic heterocycles. The fourth-order valence-electron chi connectivity index (χ4n) is 4.30. The molecular weight excluding hydrogens is 469 g/mol. The van der Waals surface area contributed by atoms with E-state index >= 15 is 0 Å². The average Bonchev–Trinajstić information content (AvgIpc) is 2.88. The summed E-state index contributed by atoms with van der Waals surface area (Å²) in [5.74, 6) is 0.796. The van der Waals surface area contributed by atoms with Crippen molar-refractivity contribution in [3.05, 3.63) is 83.9 Å². The predicted molar refractivity (Wildman–Crippen MR) is 131 cm³/mol. The molecule has 1 amide bonds. The van der Waals surface area contributed by atoms with Crippen LogP contribution in [0.1, 0.15) is 21.6 Å². The molecule has 1 aliphatic heterocycles. The summed E-state index contributed by atoms with van der Waals surface area (Å²) in [6.07, 6.45) is 0.371. The lowest BCUT2D eigenvalue weighted by atomic mass is 10.1. The molecule has 3 heterocycles. The largest absolute Gasteiger partial charge is 0.416 e. The number of nitrogens with zero attached hydrogens (tertiary/aromatic N) is 5. The number of aryl methyl sites for hydroxylation is 1. The third-order valence-electron chi connectivity index (χ3n) is 6.20. The van der Waals surface area contributed by atoms with Gasteiger partial charge < -0.3 is 15.1 Å². The lowest BCUT2D eigenvalue weighted by Crippen LogP contribution is -2.49. The number of rotatable bonds is 4. The van der Waals surface area contributed by atoms with Crippen molar-refractivity contribution in [2.75, 3.05) is 36.4 Å². The zero-order chi connectivity index (χ0) is 25.3. The van der Waals surface area contributed by atoms with Crippen molar-refractivity contribution in [1.82, 2.24) is 19.9 Å². The smallest absolute Gasteiger partial charge is 0.355 e. The number of hydrogen-bond acceptors (Lipinski definition) is 6. The Labute approximate surface area is 205 Å². The summed E-state index contributed by atoms with van der Waals surface area (Å²) < 4.78 is 39.1. The summed E-state index contributed by atoms with van der Waals surface area (Å²) in [5, 5.41) is 3.79. The van der Waals surface area contributed by atoms with E-state index in [1.165, 1.54) is 12.3 Å². The maximum Gasteiger partial charge on any atom is 0.416 e. The maximum atomic E-state index is 13.0. The van der Waals surface area contributed by atoms with Crippen LogP contribution < -0.4 is 10.2 Å². The van der Waals surface area contributed by atoms with Gasteiger partial charge in [0.05, 0.1) is 16.8 Å². The van der Waals surface area contributed by atoms with E-state index < -0.39 is 11.7 Å². The van der Waals surface area contributed by atoms with Crippen LogP contribution in [-0.2, 0) is 6.18 Å². The third-order valence-corrected chi connectivity index (χ3v) is 6.20. The minimum Gasteiger partial charge on any atom is -0.355 e. The van der Waals surface area contributed by atoms with E-state index in [1.54, 1.807) is 42.7 Å². The van der Waals surface area contributed by atoms with E-state index in [4.69, 9.17) is 0 Å². The SMILES string of the molecule is Cc1nccnc1N1CCN(C(=O)c2ccc(Nc3ccnc4cc(C(F)(F)F)ccc34)cc2)CC1. The topological polar surface area (TPSA) is 74.2 Å².